The van der Waals surface area contributed by atoms with Gasteiger partial charge in [0.1, 0.15) is 11.6 Å². The lowest BCUT2D eigenvalue weighted by Crippen LogP contribution is -2.44. The molecule has 0 unspecified atom stereocenters. The van der Waals surface area contributed by atoms with Gasteiger partial charge in [0.25, 0.3) is 0 Å². The van der Waals surface area contributed by atoms with Crippen molar-refractivity contribution in [1.29, 1.82) is 5.26 Å². The molecule has 0 heterocycles. The number of carbonyl (C=O) groups is 2. The molecule has 1 atom stereocenters. The number of amides is 2. The largest absolute Gasteiger partial charge is 0.450 e. The minimum absolute atomic E-state index is 0.0471. The van der Waals surface area contributed by atoms with Gasteiger partial charge in [0.2, 0.25) is 0 Å². The second-order valence-corrected chi connectivity index (χ2v) is 12.8. The number of nitrogens with one attached hydrogen (secondary N) is 2. The lowest BCUT2D eigenvalue weighted by Gasteiger charge is -2.20. The molecule has 0 radical (unpaired) electrons. The number of ether oxygens (including phenoxy) is 2. The molecule has 0 aromatic carbocycles. The first-order chi connectivity index (χ1) is 9.93. The van der Waals surface area contributed by atoms with Gasteiger partial charge in [-0.25, -0.2) is 9.59 Å². The lowest BCUT2D eigenvalue weighted by molar-refractivity contribution is 0.0524. The Hall–Kier alpha value is -1.75. The third kappa shape index (κ3) is 12.0. The van der Waals surface area contributed by atoms with E-state index < -0.39 is 31.9 Å². The van der Waals surface area contributed by atoms with Crippen molar-refractivity contribution in [3.05, 3.63) is 0 Å². The molecule has 0 spiro atoms. The smallest absolute Gasteiger partial charge is 0.408 e. The summed E-state index contributed by atoms with van der Waals surface area (Å²) in [5.41, 5.74) is -0.616. The molecule has 0 saturated heterocycles. The Balaban J connectivity index is 4.09. The van der Waals surface area contributed by atoms with Crippen LogP contribution >= 0.6 is 0 Å². The highest BCUT2D eigenvalue weighted by atomic mass is 28.3. The van der Waals surface area contributed by atoms with E-state index >= 15 is 0 Å². The van der Waals surface area contributed by atoms with Crippen LogP contribution < -0.4 is 10.6 Å². The molecule has 2 N–H and O–H groups in total. The highest BCUT2D eigenvalue weighted by Crippen LogP contribution is 2.07. The lowest BCUT2D eigenvalue weighted by atomic mass is 10.2. The van der Waals surface area contributed by atoms with Gasteiger partial charge in [0.05, 0.1) is 19.2 Å². The van der Waals surface area contributed by atoms with E-state index in [0.29, 0.717) is 6.61 Å². The summed E-state index contributed by atoms with van der Waals surface area (Å²) < 4.78 is 10.1. The summed E-state index contributed by atoms with van der Waals surface area (Å²) >= 11 is 0. The SMILES string of the molecule is CC(C)(C)OC(=O)NC[C@@H](C#N)NC(=O)OCC[Si](C)(C)C. The van der Waals surface area contributed by atoms with Crippen molar-refractivity contribution in [2.24, 2.45) is 0 Å². The van der Waals surface area contributed by atoms with E-state index in [0.717, 1.165) is 6.04 Å². The number of nitrogens with zero attached hydrogens (tertiary/aromatic N) is 1. The van der Waals surface area contributed by atoms with Crippen LogP contribution in [-0.4, -0.2) is 45.1 Å². The summed E-state index contributed by atoms with van der Waals surface area (Å²) in [7, 11) is -1.27. The summed E-state index contributed by atoms with van der Waals surface area (Å²) in [6, 6.07) is 1.87. The molecule has 126 valence electrons. The van der Waals surface area contributed by atoms with E-state index in [9.17, 15) is 9.59 Å². The maximum Gasteiger partial charge on any atom is 0.408 e. The van der Waals surface area contributed by atoms with Crippen molar-refractivity contribution in [2.45, 2.75) is 58.1 Å². The molecule has 0 aliphatic heterocycles. The van der Waals surface area contributed by atoms with E-state index in [-0.39, 0.29) is 6.54 Å². The Morgan fingerprint density at radius 2 is 1.82 bits per heavy atom. The predicted molar refractivity (Wildman–Crippen MR) is 86.3 cm³/mol. The van der Waals surface area contributed by atoms with Crippen LogP contribution in [-0.2, 0) is 9.47 Å². The van der Waals surface area contributed by atoms with Crippen molar-refractivity contribution in [1.82, 2.24) is 10.6 Å². The minimum Gasteiger partial charge on any atom is -0.450 e. The van der Waals surface area contributed by atoms with Gasteiger partial charge in [-0.1, -0.05) is 19.6 Å². The average Bonchev–Trinajstić information content (AvgIpc) is 2.30. The summed E-state index contributed by atoms with van der Waals surface area (Å²) in [6.45, 7) is 12.0. The Kier molecular flexibility index (Phi) is 7.94. The highest BCUT2D eigenvalue weighted by molar-refractivity contribution is 6.76. The molecule has 8 heteroatoms. The second-order valence-electron chi connectivity index (χ2n) is 7.16. The van der Waals surface area contributed by atoms with Crippen LogP contribution in [0.3, 0.4) is 0 Å². The Bertz CT molecular complexity index is 421. The zero-order chi connectivity index (χ0) is 17.4. The molecule has 0 rings (SSSR count). The zero-order valence-electron chi connectivity index (χ0n) is 14.3. The molecule has 22 heavy (non-hydrogen) atoms. The Labute approximate surface area is 133 Å². The Morgan fingerprint density at radius 1 is 1.23 bits per heavy atom. The highest BCUT2D eigenvalue weighted by Gasteiger charge is 2.19. The van der Waals surface area contributed by atoms with E-state index in [1.807, 2.05) is 6.07 Å². The summed E-state index contributed by atoms with van der Waals surface area (Å²) in [5, 5.41) is 13.8. The van der Waals surface area contributed by atoms with Gasteiger partial charge in [-0.15, -0.1) is 0 Å². The van der Waals surface area contributed by atoms with Crippen LogP contribution in [0.25, 0.3) is 0 Å². The monoisotopic (exact) mass is 329 g/mol. The first kappa shape index (κ1) is 20.2. The molecule has 0 saturated carbocycles. The van der Waals surface area contributed by atoms with Crippen LogP contribution in [0.2, 0.25) is 25.7 Å². The van der Waals surface area contributed by atoms with E-state index in [4.69, 9.17) is 14.7 Å². The molecule has 0 aromatic rings. The van der Waals surface area contributed by atoms with Gasteiger partial charge in [0.15, 0.2) is 0 Å². The maximum atomic E-state index is 11.6. The molecule has 0 bridgehead atoms. The number of hydrogen-bond donors (Lipinski definition) is 2. The molecule has 0 aliphatic rings. The van der Waals surface area contributed by atoms with Gasteiger partial charge < -0.3 is 20.1 Å². The topological polar surface area (TPSA) is 100 Å². The molecular formula is C14H27N3O4Si. The van der Waals surface area contributed by atoms with Crippen LogP contribution in [0.5, 0.6) is 0 Å². The molecule has 0 aromatic heterocycles. The van der Waals surface area contributed by atoms with Crippen molar-refractivity contribution in [3.63, 3.8) is 0 Å². The molecule has 7 nitrogen and oxygen atoms in total. The van der Waals surface area contributed by atoms with E-state index in [1.165, 1.54) is 0 Å². The van der Waals surface area contributed by atoms with Crippen molar-refractivity contribution < 1.29 is 19.1 Å². The fourth-order valence-electron chi connectivity index (χ4n) is 1.26. The quantitative estimate of drug-likeness (QED) is 0.729. The normalized spacial score (nSPS) is 12.8. The molecule has 2 amide bonds. The van der Waals surface area contributed by atoms with Crippen LogP contribution in [0.15, 0.2) is 0 Å². The van der Waals surface area contributed by atoms with Gasteiger partial charge in [0, 0.05) is 8.07 Å². The third-order valence-electron chi connectivity index (χ3n) is 2.38. The fraction of sp³-hybridized carbons (Fsp3) is 0.786. The van der Waals surface area contributed by atoms with Crippen molar-refractivity contribution in [3.8, 4) is 6.07 Å². The molecular weight excluding hydrogens is 302 g/mol. The predicted octanol–water partition coefficient (Wildman–Crippen LogP) is 2.47. The summed E-state index contributed by atoms with van der Waals surface area (Å²) in [5.74, 6) is 0. The maximum absolute atomic E-state index is 11.6. The average molecular weight is 329 g/mol. The first-order valence-corrected chi connectivity index (χ1v) is 10.9. The van der Waals surface area contributed by atoms with Gasteiger partial charge in [-0.3, -0.25) is 0 Å². The van der Waals surface area contributed by atoms with E-state index in [2.05, 4.69) is 30.3 Å². The second kappa shape index (κ2) is 8.63. The standard InChI is InChI=1S/C14H27N3O4Si/c1-14(2,3)21-12(18)16-10-11(9-15)17-13(19)20-7-8-22(4,5)6/h11H,7-8,10H2,1-6H3,(H,16,18)(H,17,19)/t11-/m1/s1. The van der Waals surface area contributed by atoms with Crippen LogP contribution in [0, 0.1) is 11.3 Å². The van der Waals surface area contributed by atoms with Gasteiger partial charge >= 0.3 is 12.2 Å². The summed E-state index contributed by atoms with van der Waals surface area (Å²) in [4.78, 5) is 23.0. The van der Waals surface area contributed by atoms with Crippen molar-refractivity contribution >= 4 is 20.3 Å². The number of nitriles is 1. The van der Waals surface area contributed by atoms with Crippen LogP contribution in [0.4, 0.5) is 9.59 Å². The fourth-order valence-corrected chi connectivity index (χ4v) is 1.98. The van der Waals surface area contributed by atoms with Gasteiger partial charge in [-0.05, 0) is 26.8 Å². The molecule has 0 aliphatic carbocycles. The van der Waals surface area contributed by atoms with E-state index in [1.54, 1.807) is 20.8 Å². The minimum atomic E-state index is -1.27. The first-order valence-electron chi connectivity index (χ1n) is 7.23. The van der Waals surface area contributed by atoms with Crippen molar-refractivity contribution in [2.75, 3.05) is 13.2 Å². The van der Waals surface area contributed by atoms with Gasteiger partial charge in [-0.2, -0.15) is 5.26 Å². The van der Waals surface area contributed by atoms with Crippen LogP contribution in [0.1, 0.15) is 20.8 Å². The zero-order valence-corrected chi connectivity index (χ0v) is 15.3. The Morgan fingerprint density at radius 3 is 2.27 bits per heavy atom. The number of alkyl carbamates (subject to hydrolysis) is 2. The number of rotatable bonds is 6. The third-order valence-corrected chi connectivity index (χ3v) is 4.09. The molecule has 0 fully saturated rings. The number of carbonyl (C=O) groups excluding carboxylic acids is 2. The number of hydrogen-bond acceptors (Lipinski definition) is 5. The summed E-state index contributed by atoms with van der Waals surface area (Å²) in [6.07, 6.45) is -1.29.